The van der Waals surface area contributed by atoms with E-state index in [0.29, 0.717) is 23.3 Å². The summed E-state index contributed by atoms with van der Waals surface area (Å²) in [6.45, 7) is 1.43. The SMILES string of the molecule is CN1CC(C)(C(=O)O)C(c2ccccc2Cl)C(C(=O)O)=C1COCCN1C(=O)C2=CC=CCC2C1=O. The molecule has 0 radical (unpaired) electrons. The molecule has 36 heavy (non-hydrogen) atoms. The van der Waals surface area contributed by atoms with E-state index in [-0.39, 0.29) is 48.7 Å². The van der Waals surface area contributed by atoms with Gasteiger partial charge in [-0.1, -0.05) is 48.0 Å². The molecule has 3 unspecified atom stereocenters. The number of carboxylic acids is 2. The Labute approximate surface area is 213 Å². The molecule has 1 saturated heterocycles. The van der Waals surface area contributed by atoms with Crippen molar-refractivity contribution in [2.45, 2.75) is 19.3 Å². The van der Waals surface area contributed by atoms with E-state index in [4.69, 9.17) is 16.3 Å². The molecule has 1 aromatic carbocycles. The van der Waals surface area contributed by atoms with Gasteiger partial charge in [0, 0.05) is 30.1 Å². The standard InChI is InChI=1S/C26H27ClN2O7/c1-26(25(34)35)14-28(2)19(20(24(32)33)21(26)17-9-5-6-10-18(17)27)13-36-12-11-29-22(30)15-7-3-4-8-16(15)23(29)31/h3-7,9-10,16,21H,8,11-14H2,1-2H3,(H,32,33)(H,34,35). The second kappa shape index (κ2) is 9.91. The number of rotatable bonds is 8. The molecule has 2 heterocycles. The highest BCUT2D eigenvalue weighted by Crippen LogP contribution is 2.49. The van der Waals surface area contributed by atoms with Crippen LogP contribution in [0.1, 0.15) is 24.8 Å². The van der Waals surface area contributed by atoms with Gasteiger partial charge in [-0.05, 0) is 25.0 Å². The Kier molecular flexibility index (Phi) is 7.06. The van der Waals surface area contributed by atoms with Crippen molar-refractivity contribution < 1.29 is 34.1 Å². The van der Waals surface area contributed by atoms with E-state index >= 15 is 0 Å². The Balaban J connectivity index is 1.58. The molecule has 190 valence electrons. The normalized spacial score (nSPS) is 25.8. The lowest BCUT2D eigenvalue weighted by Gasteiger charge is -2.44. The van der Waals surface area contributed by atoms with Gasteiger partial charge in [0.2, 0.25) is 5.91 Å². The number of benzene rings is 1. The maximum Gasteiger partial charge on any atom is 0.334 e. The minimum Gasteiger partial charge on any atom is -0.481 e. The monoisotopic (exact) mass is 514 g/mol. The first-order valence-corrected chi connectivity index (χ1v) is 11.9. The third kappa shape index (κ3) is 4.33. The van der Waals surface area contributed by atoms with E-state index < -0.39 is 29.2 Å². The number of aliphatic carboxylic acids is 2. The van der Waals surface area contributed by atoms with Gasteiger partial charge in [-0.2, -0.15) is 0 Å². The predicted molar refractivity (Wildman–Crippen MR) is 130 cm³/mol. The smallest absolute Gasteiger partial charge is 0.334 e. The van der Waals surface area contributed by atoms with Crippen molar-refractivity contribution in [1.29, 1.82) is 0 Å². The highest BCUT2D eigenvalue weighted by atomic mass is 35.5. The van der Waals surface area contributed by atoms with Gasteiger partial charge >= 0.3 is 11.9 Å². The fraction of sp³-hybridized carbons (Fsp3) is 0.385. The van der Waals surface area contributed by atoms with E-state index in [1.54, 1.807) is 48.4 Å². The largest absolute Gasteiger partial charge is 0.481 e. The molecule has 2 N–H and O–H groups in total. The molecule has 1 fully saturated rings. The summed E-state index contributed by atoms with van der Waals surface area (Å²) in [5, 5.41) is 20.6. The van der Waals surface area contributed by atoms with Gasteiger partial charge in [0.15, 0.2) is 0 Å². The molecule has 2 amide bonds. The second-order valence-corrected chi connectivity index (χ2v) is 9.79. The number of carbonyl (C=O) groups is 4. The first kappa shape index (κ1) is 25.7. The lowest BCUT2D eigenvalue weighted by atomic mass is 9.66. The second-order valence-electron chi connectivity index (χ2n) is 9.38. The van der Waals surface area contributed by atoms with Crippen molar-refractivity contribution in [1.82, 2.24) is 9.80 Å². The van der Waals surface area contributed by atoms with Gasteiger partial charge in [-0.3, -0.25) is 19.3 Å². The van der Waals surface area contributed by atoms with Crippen molar-refractivity contribution in [2.75, 3.05) is 33.4 Å². The number of fused-ring (bicyclic) bond motifs is 1. The summed E-state index contributed by atoms with van der Waals surface area (Å²) in [5.74, 6) is -4.51. The topological polar surface area (TPSA) is 124 Å². The number of ether oxygens (including phenoxy) is 1. The van der Waals surface area contributed by atoms with E-state index in [9.17, 15) is 29.4 Å². The number of amides is 2. The van der Waals surface area contributed by atoms with Crippen molar-refractivity contribution in [2.24, 2.45) is 11.3 Å². The number of carboxylic acid groups (broad SMARTS) is 2. The molecular formula is C26H27ClN2O7. The van der Waals surface area contributed by atoms with Gasteiger partial charge in [0.1, 0.15) is 0 Å². The highest BCUT2D eigenvalue weighted by molar-refractivity contribution is 6.31. The van der Waals surface area contributed by atoms with Crippen LogP contribution in [0.3, 0.4) is 0 Å². The number of hydrogen-bond donors (Lipinski definition) is 2. The molecule has 0 aromatic heterocycles. The number of carbonyl (C=O) groups excluding carboxylic acids is 2. The van der Waals surface area contributed by atoms with Crippen molar-refractivity contribution in [3.8, 4) is 0 Å². The zero-order chi connectivity index (χ0) is 26.2. The molecule has 0 bridgehead atoms. The summed E-state index contributed by atoms with van der Waals surface area (Å²) < 4.78 is 5.75. The highest BCUT2D eigenvalue weighted by Gasteiger charge is 2.52. The van der Waals surface area contributed by atoms with Crippen LogP contribution in [0.25, 0.3) is 0 Å². The first-order chi connectivity index (χ1) is 17.1. The maximum absolute atomic E-state index is 12.6. The van der Waals surface area contributed by atoms with Crippen LogP contribution in [-0.2, 0) is 23.9 Å². The number of halogens is 1. The Morgan fingerprint density at radius 2 is 1.94 bits per heavy atom. The number of likely N-dealkylation sites (tertiary alicyclic amines) is 1. The number of imide groups is 1. The van der Waals surface area contributed by atoms with Gasteiger partial charge < -0.3 is 19.8 Å². The Morgan fingerprint density at radius 3 is 2.58 bits per heavy atom. The number of nitrogens with zero attached hydrogens (tertiary/aromatic N) is 2. The van der Waals surface area contributed by atoms with Crippen LogP contribution in [0, 0.1) is 11.3 Å². The first-order valence-electron chi connectivity index (χ1n) is 11.5. The number of likely N-dealkylation sites (N-methyl/N-ethyl adjacent to an activating group) is 1. The van der Waals surface area contributed by atoms with Crippen LogP contribution in [-0.4, -0.2) is 77.1 Å². The van der Waals surface area contributed by atoms with Crippen molar-refractivity contribution >= 4 is 35.4 Å². The quantitative estimate of drug-likeness (QED) is 0.401. The summed E-state index contributed by atoms with van der Waals surface area (Å²) in [7, 11) is 1.61. The maximum atomic E-state index is 12.6. The molecule has 3 atom stereocenters. The average molecular weight is 515 g/mol. The minimum atomic E-state index is -1.47. The number of allylic oxidation sites excluding steroid dienone is 3. The zero-order valence-electron chi connectivity index (χ0n) is 19.9. The molecule has 2 aliphatic heterocycles. The van der Waals surface area contributed by atoms with Crippen LogP contribution < -0.4 is 0 Å². The van der Waals surface area contributed by atoms with Crippen LogP contribution >= 0.6 is 11.6 Å². The van der Waals surface area contributed by atoms with Gasteiger partial charge in [-0.15, -0.1) is 0 Å². The van der Waals surface area contributed by atoms with Crippen molar-refractivity contribution in [3.05, 3.63) is 69.9 Å². The van der Waals surface area contributed by atoms with Crippen LogP contribution in [0.5, 0.6) is 0 Å². The lowest BCUT2D eigenvalue weighted by molar-refractivity contribution is -0.151. The molecule has 9 nitrogen and oxygen atoms in total. The van der Waals surface area contributed by atoms with E-state index in [0.717, 1.165) is 4.90 Å². The molecule has 3 aliphatic rings. The molecule has 1 aromatic rings. The fourth-order valence-electron chi connectivity index (χ4n) is 5.27. The molecule has 0 spiro atoms. The average Bonchev–Trinajstić information content (AvgIpc) is 3.07. The summed E-state index contributed by atoms with van der Waals surface area (Å²) in [5.41, 5.74) is -0.391. The zero-order valence-corrected chi connectivity index (χ0v) is 20.7. The molecule has 1 aliphatic carbocycles. The summed E-state index contributed by atoms with van der Waals surface area (Å²) in [6.07, 6.45) is 5.75. The molecular weight excluding hydrogens is 488 g/mol. The summed E-state index contributed by atoms with van der Waals surface area (Å²) in [4.78, 5) is 52.8. The summed E-state index contributed by atoms with van der Waals surface area (Å²) >= 11 is 6.39. The predicted octanol–water partition coefficient (Wildman–Crippen LogP) is 2.69. The Morgan fingerprint density at radius 1 is 1.22 bits per heavy atom. The van der Waals surface area contributed by atoms with Gasteiger partial charge in [0.25, 0.3) is 5.91 Å². The minimum absolute atomic E-state index is 0.00209. The van der Waals surface area contributed by atoms with E-state index in [2.05, 4.69) is 0 Å². The summed E-state index contributed by atoms with van der Waals surface area (Å²) in [6, 6.07) is 6.61. The van der Waals surface area contributed by atoms with Crippen LogP contribution in [0.2, 0.25) is 5.02 Å². The molecule has 4 rings (SSSR count). The third-order valence-corrected chi connectivity index (χ3v) is 7.46. The van der Waals surface area contributed by atoms with Gasteiger partial charge in [-0.25, -0.2) is 4.79 Å². The number of hydrogen-bond acceptors (Lipinski definition) is 6. The lowest BCUT2D eigenvalue weighted by Crippen LogP contribution is -2.50. The fourth-order valence-corrected chi connectivity index (χ4v) is 5.51. The Bertz CT molecular complexity index is 1220. The van der Waals surface area contributed by atoms with Crippen molar-refractivity contribution in [3.63, 3.8) is 0 Å². The Hall–Kier alpha value is -3.43. The van der Waals surface area contributed by atoms with E-state index in [1.165, 1.54) is 6.92 Å². The van der Waals surface area contributed by atoms with Gasteiger partial charge in [0.05, 0.1) is 42.4 Å². The third-order valence-electron chi connectivity index (χ3n) is 7.11. The van der Waals surface area contributed by atoms with E-state index in [1.807, 2.05) is 6.08 Å². The van der Waals surface area contributed by atoms with Crippen LogP contribution in [0.15, 0.2) is 59.3 Å². The molecule has 0 saturated carbocycles. The van der Waals surface area contributed by atoms with Crippen LogP contribution in [0.4, 0.5) is 0 Å². The molecule has 10 heteroatoms.